The zero-order valence-electron chi connectivity index (χ0n) is 34.8. The quantitative estimate of drug-likeness (QED) is 0.0785. The van der Waals surface area contributed by atoms with Crippen LogP contribution in [0.25, 0.3) is 20.4 Å². The van der Waals surface area contributed by atoms with Crippen molar-refractivity contribution in [3.8, 4) is 11.5 Å². The molecule has 7 aromatic rings. The summed E-state index contributed by atoms with van der Waals surface area (Å²) in [5.74, 6) is 2.23. The molecule has 1 saturated carbocycles. The predicted octanol–water partition coefficient (Wildman–Crippen LogP) is 13.7. The molecule has 20 heteroatoms. The lowest BCUT2D eigenvalue weighted by Gasteiger charge is -2.23. The van der Waals surface area contributed by atoms with E-state index in [0.29, 0.717) is 55.1 Å². The normalized spacial score (nSPS) is 13.5. The molecule has 1 aliphatic rings. The van der Waals surface area contributed by atoms with Crippen LogP contribution >= 0.6 is 57.5 Å². The Balaban J connectivity index is 1.18. The first-order valence-electron chi connectivity index (χ1n) is 20.3. The van der Waals surface area contributed by atoms with Crippen molar-refractivity contribution in [1.29, 1.82) is 0 Å². The molecule has 61 heavy (non-hydrogen) atoms. The standard InChI is InChI=1S/C41H47N13O2S5/c1-7-53(8-2)24-16-18-27(47-49-35-33-31(55-5)22-57-37(33)51-60-35)29(20-24)42-39-44-40(46-41(45-39)59-26-14-12-11-13-15-26)43-30-21-25(54(9-3)10-4)17-19-28(30)48-50-36-34-32(56-6)23-58-38(34)52-61-36/h16-23,26H,7-15H2,1-6H3,(H2,42,43,44,45,46). The van der Waals surface area contributed by atoms with Crippen LogP contribution in [0, 0.1) is 0 Å². The van der Waals surface area contributed by atoms with E-state index in [0.717, 1.165) is 82.3 Å². The van der Waals surface area contributed by atoms with Gasteiger partial charge in [0.25, 0.3) is 0 Å². The number of hydrogen-bond acceptors (Lipinski definition) is 20. The minimum Gasteiger partial charge on any atom is -0.495 e. The van der Waals surface area contributed by atoms with Crippen molar-refractivity contribution in [3.05, 3.63) is 47.2 Å². The lowest BCUT2D eigenvalue weighted by atomic mass is 10.0. The first-order chi connectivity index (χ1) is 29.9. The first kappa shape index (κ1) is 42.7. The van der Waals surface area contributed by atoms with Gasteiger partial charge < -0.3 is 29.9 Å². The smallest absolute Gasteiger partial charge is 0.233 e. The molecule has 0 amide bonds. The second-order valence-electron chi connectivity index (χ2n) is 14.0. The van der Waals surface area contributed by atoms with Crippen LogP contribution in [0.2, 0.25) is 0 Å². The Labute approximate surface area is 375 Å². The molecular weight excluding hydrogens is 867 g/mol. The number of nitrogens with zero attached hydrogens (tertiary/aromatic N) is 11. The Morgan fingerprint density at radius 2 is 1.13 bits per heavy atom. The van der Waals surface area contributed by atoms with Gasteiger partial charge >= 0.3 is 0 Å². The summed E-state index contributed by atoms with van der Waals surface area (Å²) in [4.78, 5) is 21.3. The minimum absolute atomic E-state index is 0.378. The molecule has 0 saturated heterocycles. The minimum atomic E-state index is 0.378. The molecule has 0 unspecified atom stereocenters. The van der Waals surface area contributed by atoms with Crippen LogP contribution in [0.1, 0.15) is 59.8 Å². The summed E-state index contributed by atoms with van der Waals surface area (Å²) >= 11 is 7.35. The molecule has 2 aromatic carbocycles. The van der Waals surface area contributed by atoms with E-state index in [1.165, 1.54) is 65.0 Å². The average molecular weight is 914 g/mol. The highest BCUT2D eigenvalue weighted by Crippen LogP contribution is 2.45. The van der Waals surface area contributed by atoms with Crippen molar-refractivity contribution in [1.82, 2.24) is 23.7 Å². The highest BCUT2D eigenvalue weighted by molar-refractivity contribution is 7.99. The Morgan fingerprint density at radius 1 is 0.656 bits per heavy atom. The van der Waals surface area contributed by atoms with Gasteiger partial charge in [-0.05, 0) is 100.0 Å². The Hall–Kier alpha value is -5.02. The average Bonchev–Trinajstić information content (AvgIpc) is 4.08. The van der Waals surface area contributed by atoms with Gasteiger partial charge in [-0.3, -0.25) is 0 Å². The van der Waals surface area contributed by atoms with Crippen molar-refractivity contribution >= 4 is 134 Å². The van der Waals surface area contributed by atoms with Crippen LogP contribution in [0.5, 0.6) is 11.5 Å². The lowest BCUT2D eigenvalue weighted by molar-refractivity contribution is 0.421. The summed E-state index contributed by atoms with van der Waals surface area (Å²) in [5, 5.41) is 34.0. The van der Waals surface area contributed by atoms with Gasteiger partial charge in [-0.1, -0.05) is 31.0 Å². The maximum atomic E-state index is 5.60. The number of aromatic nitrogens is 5. The molecular formula is C41H47N13O2S5. The summed E-state index contributed by atoms with van der Waals surface area (Å²) in [6.07, 6.45) is 5.89. The van der Waals surface area contributed by atoms with Gasteiger partial charge in [0.05, 0.1) is 36.4 Å². The van der Waals surface area contributed by atoms with Gasteiger partial charge in [-0.25, -0.2) is 0 Å². The van der Waals surface area contributed by atoms with E-state index in [4.69, 9.17) is 34.7 Å². The molecule has 5 aromatic heterocycles. The largest absolute Gasteiger partial charge is 0.495 e. The zero-order valence-corrected chi connectivity index (χ0v) is 38.9. The topological polar surface area (TPSA) is 163 Å². The molecule has 1 fully saturated rings. The molecule has 0 atom stereocenters. The zero-order chi connectivity index (χ0) is 42.3. The number of thioether (sulfide) groups is 1. The van der Waals surface area contributed by atoms with Gasteiger partial charge in [0, 0.05) is 53.6 Å². The van der Waals surface area contributed by atoms with Crippen LogP contribution in [-0.4, -0.2) is 69.3 Å². The van der Waals surface area contributed by atoms with E-state index >= 15 is 0 Å². The van der Waals surface area contributed by atoms with Crippen molar-refractivity contribution in [3.63, 3.8) is 0 Å². The van der Waals surface area contributed by atoms with Crippen LogP contribution in [0.15, 0.2) is 72.8 Å². The fourth-order valence-electron chi connectivity index (χ4n) is 7.18. The molecule has 1 aliphatic carbocycles. The number of benzene rings is 2. The van der Waals surface area contributed by atoms with Gasteiger partial charge in [-0.2, -0.15) is 23.7 Å². The van der Waals surface area contributed by atoms with Crippen LogP contribution in [0.4, 0.5) is 56.0 Å². The fourth-order valence-corrected chi connectivity index (χ4v) is 11.8. The molecule has 5 heterocycles. The molecule has 2 N–H and O–H groups in total. The van der Waals surface area contributed by atoms with Crippen LogP contribution in [0.3, 0.4) is 0 Å². The van der Waals surface area contributed by atoms with Crippen LogP contribution < -0.4 is 29.9 Å². The highest BCUT2D eigenvalue weighted by atomic mass is 32.2. The fraction of sp³-hybridized carbons (Fsp3) is 0.390. The second-order valence-corrected chi connectivity index (χ2v) is 18.5. The van der Waals surface area contributed by atoms with Gasteiger partial charge in [0.15, 0.2) is 15.2 Å². The monoisotopic (exact) mass is 913 g/mol. The maximum Gasteiger partial charge on any atom is 0.233 e. The van der Waals surface area contributed by atoms with Crippen molar-refractivity contribution in [2.75, 3.05) is 60.8 Å². The number of nitrogens with one attached hydrogen (secondary N) is 2. The molecule has 15 nitrogen and oxygen atoms in total. The molecule has 0 spiro atoms. The number of methoxy groups -OCH3 is 2. The third kappa shape index (κ3) is 9.57. The van der Waals surface area contributed by atoms with Crippen LogP contribution in [-0.2, 0) is 0 Å². The number of fused-ring (bicyclic) bond motifs is 2. The summed E-state index contributed by atoms with van der Waals surface area (Å²) in [6.45, 7) is 12.0. The summed E-state index contributed by atoms with van der Waals surface area (Å²) in [7, 11) is 3.31. The number of anilines is 6. The number of thiophene rings is 2. The number of rotatable bonds is 18. The Kier molecular flexibility index (Phi) is 13.8. The number of ether oxygens (including phenoxy) is 2. The second kappa shape index (κ2) is 19.8. The van der Waals surface area contributed by atoms with E-state index < -0.39 is 0 Å². The molecule has 0 bridgehead atoms. The van der Waals surface area contributed by atoms with Crippen molar-refractivity contribution < 1.29 is 9.47 Å². The number of hydrogen-bond donors (Lipinski definition) is 2. The lowest BCUT2D eigenvalue weighted by Crippen LogP contribution is -2.21. The van der Waals surface area contributed by atoms with Gasteiger partial charge in [0.1, 0.15) is 32.5 Å². The maximum absolute atomic E-state index is 5.60. The van der Waals surface area contributed by atoms with Crippen molar-refractivity contribution in [2.24, 2.45) is 20.5 Å². The number of azo groups is 2. The summed E-state index contributed by atoms with van der Waals surface area (Å²) in [5.41, 5.74) is 4.73. The van der Waals surface area contributed by atoms with Gasteiger partial charge in [-0.15, -0.1) is 43.1 Å². The van der Waals surface area contributed by atoms with E-state index in [2.05, 4.69) is 91.4 Å². The molecule has 318 valence electrons. The van der Waals surface area contributed by atoms with E-state index in [-0.39, 0.29) is 0 Å². The van der Waals surface area contributed by atoms with E-state index in [9.17, 15) is 0 Å². The molecule has 8 rings (SSSR count). The Bertz CT molecular complexity index is 2470. The molecule has 0 aliphatic heterocycles. The van der Waals surface area contributed by atoms with E-state index in [1.54, 1.807) is 26.0 Å². The third-order valence-electron chi connectivity index (χ3n) is 10.4. The summed E-state index contributed by atoms with van der Waals surface area (Å²) in [6, 6.07) is 12.2. The van der Waals surface area contributed by atoms with Crippen molar-refractivity contribution in [2.45, 2.75) is 70.2 Å². The predicted molar refractivity (Wildman–Crippen MR) is 256 cm³/mol. The Morgan fingerprint density at radius 3 is 1.57 bits per heavy atom. The van der Waals surface area contributed by atoms with E-state index in [1.807, 2.05) is 22.9 Å². The van der Waals surface area contributed by atoms with Gasteiger partial charge in [0.2, 0.25) is 11.9 Å². The molecule has 0 radical (unpaired) electrons. The third-order valence-corrected chi connectivity index (χ3v) is 15.0. The summed E-state index contributed by atoms with van der Waals surface area (Å²) < 4.78 is 20.3. The SMILES string of the molecule is CCN(CC)c1ccc(N=Nc2snc3scc(OC)c23)c(Nc2nc(Nc3cc(N(CC)CC)ccc3N=Nc3snc4scc(OC)c34)nc(SC3CCCCC3)n2)c1. The highest BCUT2D eigenvalue weighted by Gasteiger charge is 2.21. The first-order valence-corrected chi connectivity index (χ1v) is 24.5.